The largest absolute Gasteiger partial charge is 0.450 e. The Balaban J connectivity index is 1.49. The normalized spacial score (nSPS) is 14.9. The molecule has 29 heavy (non-hydrogen) atoms. The third-order valence-electron chi connectivity index (χ3n) is 4.77. The molecule has 156 valence electrons. The summed E-state index contributed by atoms with van der Waals surface area (Å²) >= 11 is 0. The molecular weight excluding hydrogens is 370 g/mol. The van der Waals surface area contributed by atoms with E-state index in [0.717, 1.165) is 24.1 Å². The van der Waals surface area contributed by atoms with Gasteiger partial charge >= 0.3 is 6.09 Å². The number of rotatable bonds is 8. The summed E-state index contributed by atoms with van der Waals surface area (Å²) in [6.07, 6.45) is 3.50. The Morgan fingerprint density at radius 1 is 1.31 bits per heavy atom. The van der Waals surface area contributed by atoms with Crippen molar-refractivity contribution in [1.82, 2.24) is 20.9 Å². The van der Waals surface area contributed by atoms with Crippen LogP contribution in [0.3, 0.4) is 0 Å². The molecule has 0 radical (unpaired) electrons. The van der Waals surface area contributed by atoms with Crippen LogP contribution in [0.5, 0.6) is 0 Å². The van der Waals surface area contributed by atoms with E-state index in [1.165, 1.54) is 5.56 Å². The number of guanidine groups is 1. The lowest BCUT2D eigenvalue weighted by Crippen LogP contribution is -2.48. The molecule has 1 saturated carbocycles. The summed E-state index contributed by atoms with van der Waals surface area (Å²) in [5.41, 5.74) is 2.92. The number of carbonyl (C=O) groups excluding carboxylic acids is 1. The fourth-order valence-electron chi connectivity index (χ4n) is 2.98. The molecule has 0 saturated heterocycles. The van der Waals surface area contributed by atoms with E-state index in [4.69, 9.17) is 9.15 Å². The van der Waals surface area contributed by atoms with Crippen molar-refractivity contribution in [3.05, 3.63) is 41.8 Å². The van der Waals surface area contributed by atoms with Crippen LogP contribution in [0.1, 0.15) is 31.0 Å². The van der Waals surface area contributed by atoms with Crippen LogP contribution in [-0.4, -0.2) is 43.3 Å². The van der Waals surface area contributed by atoms with Gasteiger partial charge in [0, 0.05) is 19.2 Å². The molecule has 8 heteroatoms. The maximum absolute atomic E-state index is 11.7. The highest BCUT2D eigenvalue weighted by Crippen LogP contribution is 2.32. The second-order valence-electron chi connectivity index (χ2n) is 7.13. The Morgan fingerprint density at radius 3 is 2.72 bits per heavy atom. The predicted octanol–water partition coefficient (Wildman–Crippen LogP) is 2.84. The van der Waals surface area contributed by atoms with Crippen LogP contribution in [0.2, 0.25) is 0 Å². The van der Waals surface area contributed by atoms with Gasteiger partial charge in [0.25, 0.3) is 0 Å². The minimum Gasteiger partial charge on any atom is -0.450 e. The predicted molar refractivity (Wildman–Crippen MR) is 112 cm³/mol. The number of aromatic nitrogens is 1. The first-order valence-corrected chi connectivity index (χ1v) is 9.98. The molecule has 1 atom stereocenters. The molecule has 1 aromatic carbocycles. The zero-order chi connectivity index (χ0) is 20.6. The second kappa shape index (κ2) is 9.95. The molecule has 1 unspecified atom stereocenters. The number of hydrogen-bond donors (Lipinski definition) is 3. The van der Waals surface area contributed by atoms with Crippen molar-refractivity contribution in [2.45, 2.75) is 39.3 Å². The Bertz CT molecular complexity index is 827. The number of hydrogen-bond acceptors (Lipinski definition) is 5. The molecule has 1 aliphatic rings. The van der Waals surface area contributed by atoms with Crippen LogP contribution in [0.25, 0.3) is 11.5 Å². The SMILES string of the molecule is CCOC(=O)NC(CNC(=NC)NCc1coc(-c2ccc(C)cc2)n1)C1CC1. The minimum atomic E-state index is -0.375. The summed E-state index contributed by atoms with van der Waals surface area (Å²) in [5.74, 6) is 1.72. The third-order valence-corrected chi connectivity index (χ3v) is 4.77. The summed E-state index contributed by atoms with van der Waals surface area (Å²) in [5, 5.41) is 9.41. The fraction of sp³-hybridized carbons (Fsp3) is 0.476. The molecule has 1 fully saturated rings. The molecule has 2 aromatic rings. The average molecular weight is 399 g/mol. The number of carbonyl (C=O) groups is 1. The van der Waals surface area contributed by atoms with Crippen molar-refractivity contribution in [2.24, 2.45) is 10.9 Å². The summed E-state index contributed by atoms with van der Waals surface area (Å²) in [7, 11) is 1.71. The number of ether oxygens (including phenoxy) is 1. The van der Waals surface area contributed by atoms with Crippen molar-refractivity contribution in [3.63, 3.8) is 0 Å². The lowest BCUT2D eigenvalue weighted by atomic mass is 10.1. The Morgan fingerprint density at radius 2 is 2.07 bits per heavy atom. The van der Waals surface area contributed by atoms with Gasteiger partial charge in [-0.05, 0) is 44.7 Å². The van der Waals surface area contributed by atoms with Crippen molar-refractivity contribution < 1.29 is 13.9 Å². The second-order valence-corrected chi connectivity index (χ2v) is 7.13. The van der Waals surface area contributed by atoms with Gasteiger partial charge in [0.1, 0.15) is 6.26 Å². The molecule has 0 bridgehead atoms. The van der Waals surface area contributed by atoms with E-state index in [9.17, 15) is 4.79 Å². The van der Waals surface area contributed by atoms with Crippen LogP contribution < -0.4 is 16.0 Å². The van der Waals surface area contributed by atoms with Gasteiger partial charge in [-0.1, -0.05) is 17.7 Å². The summed E-state index contributed by atoms with van der Waals surface area (Å²) in [4.78, 5) is 20.5. The number of aryl methyl sites for hydroxylation is 1. The van der Waals surface area contributed by atoms with Gasteiger partial charge in [-0.3, -0.25) is 4.99 Å². The number of nitrogens with zero attached hydrogens (tertiary/aromatic N) is 2. The zero-order valence-corrected chi connectivity index (χ0v) is 17.2. The highest BCUT2D eigenvalue weighted by Gasteiger charge is 2.32. The number of benzene rings is 1. The number of nitrogens with one attached hydrogen (secondary N) is 3. The quantitative estimate of drug-likeness (QED) is 0.466. The van der Waals surface area contributed by atoms with E-state index in [2.05, 4.69) is 25.9 Å². The lowest BCUT2D eigenvalue weighted by molar-refractivity contribution is 0.146. The summed E-state index contributed by atoms with van der Waals surface area (Å²) < 4.78 is 10.6. The molecule has 8 nitrogen and oxygen atoms in total. The van der Waals surface area contributed by atoms with Crippen molar-refractivity contribution >= 4 is 12.1 Å². The van der Waals surface area contributed by atoms with Crippen LogP contribution in [0.15, 0.2) is 39.9 Å². The first kappa shape index (κ1) is 20.7. The number of alkyl carbamates (subject to hydrolysis) is 1. The summed E-state index contributed by atoms with van der Waals surface area (Å²) in [6, 6.07) is 8.07. The smallest absolute Gasteiger partial charge is 0.407 e. The van der Waals surface area contributed by atoms with Gasteiger partial charge < -0.3 is 25.1 Å². The highest BCUT2D eigenvalue weighted by atomic mass is 16.5. The Labute approximate surface area is 171 Å². The van der Waals surface area contributed by atoms with E-state index >= 15 is 0 Å². The van der Waals surface area contributed by atoms with E-state index in [0.29, 0.717) is 37.5 Å². The molecule has 0 aliphatic heterocycles. The molecule has 3 rings (SSSR count). The van der Waals surface area contributed by atoms with Gasteiger partial charge in [0.15, 0.2) is 5.96 Å². The first-order valence-electron chi connectivity index (χ1n) is 9.98. The third kappa shape index (κ3) is 6.23. The minimum absolute atomic E-state index is 0.0211. The fourth-order valence-corrected chi connectivity index (χ4v) is 2.98. The van der Waals surface area contributed by atoms with Gasteiger partial charge in [0.05, 0.1) is 24.9 Å². The highest BCUT2D eigenvalue weighted by molar-refractivity contribution is 5.79. The van der Waals surface area contributed by atoms with E-state index < -0.39 is 0 Å². The van der Waals surface area contributed by atoms with Gasteiger partial charge in [-0.2, -0.15) is 0 Å². The van der Waals surface area contributed by atoms with Crippen LogP contribution in [-0.2, 0) is 11.3 Å². The topological polar surface area (TPSA) is 101 Å². The van der Waals surface area contributed by atoms with E-state index in [-0.39, 0.29) is 12.1 Å². The maximum Gasteiger partial charge on any atom is 0.407 e. The molecule has 1 amide bonds. The van der Waals surface area contributed by atoms with Crippen molar-refractivity contribution in [1.29, 1.82) is 0 Å². The standard InChI is InChI=1S/C21H29N5O3/c1-4-28-21(27)26-18(15-9-10-15)12-24-20(22-3)23-11-17-13-29-19(25-17)16-7-5-14(2)6-8-16/h5-8,13,15,18H,4,9-12H2,1-3H3,(H,26,27)(H2,22,23,24). The van der Waals surface area contributed by atoms with Crippen molar-refractivity contribution in [2.75, 3.05) is 20.2 Å². The molecule has 0 spiro atoms. The molecule has 3 N–H and O–H groups in total. The maximum atomic E-state index is 11.7. The van der Waals surface area contributed by atoms with E-state index in [1.54, 1.807) is 20.2 Å². The molecule has 1 aromatic heterocycles. The summed E-state index contributed by atoms with van der Waals surface area (Å²) in [6.45, 7) is 5.26. The lowest BCUT2D eigenvalue weighted by Gasteiger charge is -2.20. The average Bonchev–Trinajstić information content (AvgIpc) is 3.46. The number of amides is 1. The Hall–Kier alpha value is -3.03. The van der Waals surface area contributed by atoms with Gasteiger partial charge in [0.2, 0.25) is 5.89 Å². The van der Waals surface area contributed by atoms with Gasteiger partial charge in [-0.25, -0.2) is 9.78 Å². The molecular formula is C21H29N5O3. The van der Waals surface area contributed by atoms with Gasteiger partial charge in [-0.15, -0.1) is 0 Å². The van der Waals surface area contributed by atoms with Crippen LogP contribution in [0.4, 0.5) is 4.79 Å². The number of oxazole rings is 1. The van der Waals surface area contributed by atoms with Crippen molar-refractivity contribution in [3.8, 4) is 11.5 Å². The monoisotopic (exact) mass is 399 g/mol. The van der Waals surface area contributed by atoms with Crippen LogP contribution >= 0.6 is 0 Å². The first-order chi connectivity index (χ1) is 14.1. The number of aliphatic imine (C=N–C) groups is 1. The zero-order valence-electron chi connectivity index (χ0n) is 17.2. The van der Waals surface area contributed by atoms with Crippen LogP contribution in [0, 0.1) is 12.8 Å². The molecule has 1 aliphatic carbocycles. The van der Waals surface area contributed by atoms with E-state index in [1.807, 2.05) is 31.2 Å². The Kier molecular flexibility index (Phi) is 7.10. The molecule has 1 heterocycles.